The van der Waals surface area contributed by atoms with Gasteiger partial charge in [0.2, 0.25) is 0 Å². The molecule has 2 nitrogen and oxygen atoms in total. The minimum atomic E-state index is 0.414. The Morgan fingerprint density at radius 2 is 2.11 bits per heavy atom. The minimum absolute atomic E-state index is 0.414. The topological polar surface area (TPSA) is 21.3 Å². The van der Waals surface area contributed by atoms with E-state index in [0.717, 1.165) is 19.6 Å². The highest BCUT2D eigenvalue weighted by Crippen LogP contribution is 2.24. The highest BCUT2D eigenvalue weighted by atomic mass is 16.5. The van der Waals surface area contributed by atoms with Gasteiger partial charge in [0.05, 0.1) is 6.10 Å². The van der Waals surface area contributed by atoms with Gasteiger partial charge in [0.15, 0.2) is 0 Å². The van der Waals surface area contributed by atoms with Crippen molar-refractivity contribution in [2.24, 2.45) is 5.92 Å². The molecule has 3 unspecified atom stereocenters. The zero-order valence-corrected chi connectivity index (χ0v) is 12.7. The predicted octanol–water partition coefficient (Wildman–Crippen LogP) is 3.77. The van der Waals surface area contributed by atoms with Crippen LogP contribution in [0.2, 0.25) is 0 Å². The molecule has 0 spiro atoms. The average molecular weight is 261 g/mol. The number of hydrogen-bond acceptors (Lipinski definition) is 2. The van der Waals surface area contributed by atoms with Gasteiger partial charge in [-0.2, -0.15) is 0 Å². The van der Waals surface area contributed by atoms with Crippen molar-refractivity contribution in [1.82, 2.24) is 5.32 Å². The molecule has 0 radical (unpaired) electrons. The molecule has 1 heterocycles. The molecule has 1 fully saturated rings. The fraction of sp³-hybridized carbons (Fsp3) is 0.647. The summed E-state index contributed by atoms with van der Waals surface area (Å²) in [5, 5.41) is 3.67. The summed E-state index contributed by atoms with van der Waals surface area (Å²) >= 11 is 0. The molecule has 1 saturated heterocycles. The maximum Gasteiger partial charge on any atom is 0.0613 e. The molecule has 0 aromatic heterocycles. The molecule has 0 saturated carbocycles. The molecule has 0 bridgehead atoms. The van der Waals surface area contributed by atoms with E-state index >= 15 is 0 Å². The summed E-state index contributed by atoms with van der Waals surface area (Å²) in [5.74, 6) is 0.680. The van der Waals surface area contributed by atoms with Crippen molar-refractivity contribution in [3.8, 4) is 0 Å². The quantitative estimate of drug-likeness (QED) is 0.871. The Labute approximate surface area is 117 Å². The van der Waals surface area contributed by atoms with Crippen molar-refractivity contribution in [2.45, 2.75) is 52.7 Å². The standard InChI is InChI=1S/C17H27NO/c1-5-17-16(8-9-19-17)11-18-14(4)15-7-6-12(2)13(3)10-15/h6-7,10,14,16-18H,5,8-9,11H2,1-4H3. The van der Waals surface area contributed by atoms with Gasteiger partial charge >= 0.3 is 0 Å². The molecule has 1 N–H and O–H groups in total. The largest absolute Gasteiger partial charge is 0.378 e. The third-order valence-corrected chi connectivity index (χ3v) is 4.47. The van der Waals surface area contributed by atoms with E-state index in [1.165, 1.54) is 23.1 Å². The van der Waals surface area contributed by atoms with Crippen molar-refractivity contribution >= 4 is 0 Å². The van der Waals surface area contributed by atoms with E-state index in [1.807, 2.05) is 0 Å². The Kier molecular flexibility index (Phi) is 5.00. The number of rotatable bonds is 5. The summed E-state index contributed by atoms with van der Waals surface area (Å²) in [6.07, 6.45) is 2.79. The second-order valence-corrected chi connectivity index (χ2v) is 5.84. The summed E-state index contributed by atoms with van der Waals surface area (Å²) in [5.41, 5.74) is 4.13. The van der Waals surface area contributed by atoms with Crippen molar-refractivity contribution in [1.29, 1.82) is 0 Å². The molecule has 106 valence electrons. The molecular formula is C17H27NO. The Bertz CT molecular complexity index is 416. The van der Waals surface area contributed by atoms with Crippen LogP contribution in [0.15, 0.2) is 18.2 Å². The van der Waals surface area contributed by atoms with Gasteiger partial charge in [-0.15, -0.1) is 0 Å². The zero-order valence-electron chi connectivity index (χ0n) is 12.7. The monoisotopic (exact) mass is 261 g/mol. The molecule has 2 heteroatoms. The second kappa shape index (κ2) is 6.53. The lowest BCUT2D eigenvalue weighted by molar-refractivity contribution is 0.0867. The molecule has 1 aliphatic heterocycles. The molecule has 3 atom stereocenters. The van der Waals surface area contributed by atoms with Crippen LogP contribution in [0.25, 0.3) is 0 Å². The van der Waals surface area contributed by atoms with Crippen LogP contribution in [0.5, 0.6) is 0 Å². The summed E-state index contributed by atoms with van der Waals surface area (Å²) in [6.45, 7) is 10.8. The van der Waals surface area contributed by atoms with E-state index < -0.39 is 0 Å². The van der Waals surface area contributed by atoms with Gasteiger partial charge < -0.3 is 10.1 Å². The Balaban J connectivity index is 1.90. The lowest BCUT2D eigenvalue weighted by Crippen LogP contribution is -2.30. The van der Waals surface area contributed by atoms with Crippen molar-refractivity contribution in [3.05, 3.63) is 34.9 Å². The highest BCUT2D eigenvalue weighted by Gasteiger charge is 2.26. The number of nitrogens with one attached hydrogen (secondary N) is 1. The molecule has 1 aromatic carbocycles. The fourth-order valence-electron chi connectivity index (χ4n) is 2.86. The Hall–Kier alpha value is -0.860. The van der Waals surface area contributed by atoms with E-state index in [1.54, 1.807) is 0 Å². The molecule has 0 aliphatic carbocycles. The van der Waals surface area contributed by atoms with Gasteiger partial charge in [0.25, 0.3) is 0 Å². The van der Waals surface area contributed by atoms with Crippen LogP contribution < -0.4 is 5.32 Å². The summed E-state index contributed by atoms with van der Waals surface area (Å²) in [6, 6.07) is 7.17. The SMILES string of the molecule is CCC1OCCC1CNC(C)c1ccc(C)c(C)c1. The second-order valence-electron chi connectivity index (χ2n) is 5.84. The Morgan fingerprint density at radius 3 is 2.79 bits per heavy atom. The highest BCUT2D eigenvalue weighted by molar-refractivity contribution is 5.31. The minimum Gasteiger partial charge on any atom is -0.378 e. The van der Waals surface area contributed by atoms with Gasteiger partial charge in [-0.25, -0.2) is 0 Å². The zero-order chi connectivity index (χ0) is 13.8. The lowest BCUT2D eigenvalue weighted by atomic mass is 9.98. The van der Waals surface area contributed by atoms with E-state index in [-0.39, 0.29) is 0 Å². The van der Waals surface area contributed by atoms with Crippen molar-refractivity contribution in [2.75, 3.05) is 13.2 Å². The van der Waals surface area contributed by atoms with Gasteiger partial charge in [0.1, 0.15) is 0 Å². The average Bonchev–Trinajstić information content (AvgIpc) is 2.86. The third kappa shape index (κ3) is 3.58. The predicted molar refractivity (Wildman–Crippen MR) is 80.5 cm³/mol. The molecular weight excluding hydrogens is 234 g/mol. The van der Waals surface area contributed by atoms with Crippen LogP contribution in [0.3, 0.4) is 0 Å². The number of benzene rings is 1. The van der Waals surface area contributed by atoms with E-state index in [2.05, 4.69) is 51.2 Å². The van der Waals surface area contributed by atoms with Crippen LogP contribution in [0, 0.1) is 19.8 Å². The van der Waals surface area contributed by atoms with E-state index in [9.17, 15) is 0 Å². The van der Waals surface area contributed by atoms with Crippen LogP contribution in [-0.4, -0.2) is 19.3 Å². The summed E-state index contributed by atoms with van der Waals surface area (Å²) in [7, 11) is 0. The maximum absolute atomic E-state index is 5.75. The van der Waals surface area contributed by atoms with Crippen LogP contribution in [0.1, 0.15) is 49.4 Å². The first-order chi connectivity index (χ1) is 9.11. The first kappa shape index (κ1) is 14.5. The molecule has 19 heavy (non-hydrogen) atoms. The van der Waals surface area contributed by atoms with E-state index in [0.29, 0.717) is 18.1 Å². The maximum atomic E-state index is 5.75. The molecule has 1 aromatic rings. The first-order valence-corrected chi connectivity index (χ1v) is 7.54. The van der Waals surface area contributed by atoms with Crippen LogP contribution in [-0.2, 0) is 4.74 Å². The molecule has 0 amide bonds. The first-order valence-electron chi connectivity index (χ1n) is 7.54. The third-order valence-electron chi connectivity index (χ3n) is 4.47. The van der Waals surface area contributed by atoms with Crippen LogP contribution >= 0.6 is 0 Å². The smallest absolute Gasteiger partial charge is 0.0613 e. The van der Waals surface area contributed by atoms with Gasteiger partial charge in [-0.3, -0.25) is 0 Å². The van der Waals surface area contributed by atoms with Gasteiger partial charge in [0, 0.05) is 19.2 Å². The summed E-state index contributed by atoms with van der Waals surface area (Å²) in [4.78, 5) is 0. The number of aryl methyl sites for hydroxylation is 2. The molecule has 2 rings (SSSR count). The van der Waals surface area contributed by atoms with Crippen LogP contribution in [0.4, 0.5) is 0 Å². The molecule has 1 aliphatic rings. The van der Waals surface area contributed by atoms with Crippen molar-refractivity contribution in [3.63, 3.8) is 0 Å². The van der Waals surface area contributed by atoms with Crippen molar-refractivity contribution < 1.29 is 4.74 Å². The lowest BCUT2D eigenvalue weighted by Gasteiger charge is -2.21. The van der Waals surface area contributed by atoms with E-state index in [4.69, 9.17) is 4.74 Å². The van der Waals surface area contributed by atoms with Gasteiger partial charge in [-0.05, 0) is 56.2 Å². The summed E-state index contributed by atoms with van der Waals surface area (Å²) < 4.78 is 5.75. The number of hydrogen-bond donors (Lipinski definition) is 1. The normalized spacial score (nSPS) is 24.6. The number of ether oxygens (including phenoxy) is 1. The Morgan fingerprint density at radius 1 is 1.32 bits per heavy atom. The van der Waals surface area contributed by atoms with Gasteiger partial charge in [-0.1, -0.05) is 25.1 Å². The fourth-order valence-corrected chi connectivity index (χ4v) is 2.86.